The largest absolute Gasteiger partial charge is 0.325 e. The summed E-state index contributed by atoms with van der Waals surface area (Å²) in [6, 6.07) is 7.90. The van der Waals surface area contributed by atoms with Crippen LogP contribution >= 0.6 is 23.1 Å². The molecule has 3 aromatic rings. The second-order valence-corrected chi connectivity index (χ2v) is 9.77. The highest BCUT2D eigenvalue weighted by Crippen LogP contribution is 2.34. The van der Waals surface area contributed by atoms with Crippen molar-refractivity contribution in [2.24, 2.45) is 0 Å². The number of aryl methyl sites for hydroxylation is 3. The third kappa shape index (κ3) is 3.98. The minimum Gasteiger partial charge on any atom is -0.325 e. The Morgan fingerprint density at radius 1 is 1.24 bits per heavy atom. The average Bonchev–Trinajstić information content (AvgIpc) is 3.31. The molecule has 0 atom stereocenters. The molecule has 152 valence electrons. The normalized spacial score (nSPS) is 14.6. The lowest BCUT2D eigenvalue weighted by atomic mass is 10.2. The zero-order valence-corrected chi connectivity index (χ0v) is 18.6. The molecular weight excluding hydrogens is 402 g/mol. The topological polar surface area (TPSA) is 64.0 Å². The SMILES string of the molecule is Cc1ccccc1NC(=O)CSc1nc2sc(C)c(C)c2c(=O)n1C1CCCC1. The van der Waals surface area contributed by atoms with E-state index in [0.29, 0.717) is 5.16 Å². The fourth-order valence-corrected chi connectivity index (χ4v) is 5.84. The summed E-state index contributed by atoms with van der Waals surface area (Å²) in [4.78, 5) is 32.6. The molecule has 2 aromatic heterocycles. The Morgan fingerprint density at radius 3 is 2.69 bits per heavy atom. The number of benzene rings is 1. The lowest BCUT2D eigenvalue weighted by Crippen LogP contribution is -2.27. The second kappa shape index (κ2) is 8.32. The third-order valence-corrected chi connectivity index (χ3v) is 7.70. The summed E-state index contributed by atoms with van der Waals surface area (Å²) in [5.74, 6) is 0.137. The van der Waals surface area contributed by atoms with Gasteiger partial charge in [0.05, 0.1) is 11.1 Å². The van der Waals surface area contributed by atoms with E-state index in [-0.39, 0.29) is 23.3 Å². The molecule has 1 saturated carbocycles. The van der Waals surface area contributed by atoms with E-state index in [1.54, 1.807) is 11.3 Å². The number of fused-ring (bicyclic) bond motifs is 1. The predicted octanol–water partition coefficient (Wildman–Crippen LogP) is 5.23. The summed E-state index contributed by atoms with van der Waals surface area (Å²) in [6.07, 6.45) is 4.26. The molecule has 1 aromatic carbocycles. The van der Waals surface area contributed by atoms with Crippen LogP contribution in [0, 0.1) is 20.8 Å². The molecule has 0 spiro atoms. The summed E-state index contributed by atoms with van der Waals surface area (Å²) in [7, 11) is 0. The number of thioether (sulfide) groups is 1. The van der Waals surface area contributed by atoms with Crippen LogP contribution in [-0.4, -0.2) is 21.2 Å². The Kier molecular flexibility index (Phi) is 5.79. The molecule has 1 N–H and O–H groups in total. The smallest absolute Gasteiger partial charge is 0.263 e. The van der Waals surface area contributed by atoms with Crippen molar-refractivity contribution in [3.05, 3.63) is 50.6 Å². The van der Waals surface area contributed by atoms with Crippen LogP contribution in [0.5, 0.6) is 0 Å². The molecule has 1 fully saturated rings. The van der Waals surface area contributed by atoms with Crippen LogP contribution in [0.4, 0.5) is 5.69 Å². The molecule has 29 heavy (non-hydrogen) atoms. The predicted molar refractivity (Wildman–Crippen MR) is 121 cm³/mol. The molecule has 5 nitrogen and oxygen atoms in total. The molecule has 1 aliphatic carbocycles. The van der Waals surface area contributed by atoms with E-state index in [4.69, 9.17) is 4.98 Å². The quantitative estimate of drug-likeness (QED) is 0.447. The van der Waals surface area contributed by atoms with Gasteiger partial charge in [-0.2, -0.15) is 0 Å². The van der Waals surface area contributed by atoms with Gasteiger partial charge in [-0.3, -0.25) is 14.2 Å². The Hall–Kier alpha value is -2.12. The molecule has 1 amide bonds. The standard InChI is InChI=1S/C22H25N3O2S2/c1-13-8-4-7-11-17(13)23-18(26)12-28-22-24-20-19(14(2)15(3)29-20)21(27)25(22)16-9-5-6-10-16/h4,7-8,11,16H,5-6,9-10,12H2,1-3H3,(H,23,26). The van der Waals surface area contributed by atoms with Crippen LogP contribution < -0.4 is 10.9 Å². The first-order valence-corrected chi connectivity index (χ1v) is 11.8. The lowest BCUT2D eigenvalue weighted by molar-refractivity contribution is -0.113. The Morgan fingerprint density at radius 2 is 1.97 bits per heavy atom. The van der Waals surface area contributed by atoms with Gasteiger partial charge in [0.15, 0.2) is 5.16 Å². The van der Waals surface area contributed by atoms with Gasteiger partial charge in [0.25, 0.3) is 5.56 Å². The van der Waals surface area contributed by atoms with Crippen molar-refractivity contribution in [2.75, 3.05) is 11.1 Å². The van der Waals surface area contributed by atoms with Gasteiger partial charge in [-0.05, 0) is 50.8 Å². The minimum absolute atomic E-state index is 0.0468. The first kappa shape index (κ1) is 20.2. The highest BCUT2D eigenvalue weighted by atomic mass is 32.2. The van der Waals surface area contributed by atoms with Gasteiger partial charge in [0.2, 0.25) is 5.91 Å². The highest BCUT2D eigenvalue weighted by Gasteiger charge is 2.25. The molecule has 7 heteroatoms. The number of amides is 1. The average molecular weight is 428 g/mol. The van der Waals surface area contributed by atoms with Crippen molar-refractivity contribution in [3.63, 3.8) is 0 Å². The zero-order valence-electron chi connectivity index (χ0n) is 16.9. The fraction of sp³-hybridized carbons (Fsp3) is 0.409. The maximum atomic E-state index is 13.4. The molecule has 0 aliphatic heterocycles. The van der Waals surface area contributed by atoms with Crippen LogP contribution in [0.25, 0.3) is 10.2 Å². The number of anilines is 1. The van der Waals surface area contributed by atoms with Crippen molar-refractivity contribution in [2.45, 2.75) is 57.7 Å². The third-order valence-electron chi connectivity index (χ3n) is 5.64. The number of nitrogens with zero attached hydrogens (tertiary/aromatic N) is 2. The van der Waals surface area contributed by atoms with Crippen molar-refractivity contribution in [1.29, 1.82) is 0 Å². The van der Waals surface area contributed by atoms with Crippen LogP contribution in [0.15, 0.2) is 34.2 Å². The second-order valence-electron chi connectivity index (χ2n) is 7.62. The summed E-state index contributed by atoms with van der Waals surface area (Å²) in [6.45, 7) is 6.00. The van der Waals surface area contributed by atoms with Gasteiger partial charge in [-0.1, -0.05) is 42.8 Å². The van der Waals surface area contributed by atoms with Gasteiger partial charge >= 0.3 is 0 Å². The van der Waals surface area contributed by atoms with Crippen LogP contribution in [-0.2, 0) is 4.79 Å². The van der Waals surface area contributed by atoms with Gasteiger partial charge < -0.3 is 5.32 Å². The number of rotatable bonds is 5. The van der Waals surface area contributed by atoms with E-state index < -0.39 is 0 Å². The molecule has 1 aliphatic rings. The van der Waals surface area contributed by atoms with Gasteiger partial charge in [0, 0.05) is 16.6 Å². The van der Waals surface area contributed by atoms with E-state index >= 15 is 0 Å². The Bertz CT molecular complexity index is 1130. The fourth-order valence-electron chi connectivity index (χ4n) is 3.90. The Labute approximate surface area is 178 Å². The number of aromatic nitrogens is 2. The molecule has 0 bridgehead atoms. The van der Waals surface area contributed by atoms with Crippen molar-refractivity contribution in [3.8, 4) is 0 Å². The number of nitrogens with one attached hydrogen (secondary N) is 1. The van der Waals surface area contributed by atoms with E-state index in [9.17, 15) is 9.59 Å². The maximum Gasteiger partial charge on any atom is 0.263 e. The number of carbonyl (C=O) groups is 1. The summed E-state index contributed by atoms with van der Waals surface area (Å²) >= 11 is 2.92. The summed E-state index contributed by atoms with van der Waals surface area (Å²) < 4.78 is 1.86. The first-order chi connectivity index (χ1) is 14.0. The molecule has 0 radical (unpaired) electrons. The summed E-state index contributed by atoms with van der Waals surface area (Å²) in [5, 5.41) is 4.37. The van der Waals surface area contributed by atoms with Crippen molar-refractivity contribution >= 4 is 44.9 Å². The van der Waals surface area contributed by atoms with E-state index in [1.165, 1.54) is 11.8 Å². The van der Waals surface area contributed by atoms with Crippen LogP contribution in [0.1, 0.15) is 47.7 Å². The molecule has 0 unspecified atom stereocenters. The number of carbonyl (C=O) groups excluding carboxylic acids is 1. The van der Waals surface area contributed by atoms with Gasteiger partial charge in [0.1, 0.15) is 4.83 Å². The summed E-state index contributed by atoms with van der Waals surface area (Å²) in [5.41, 5.74) is 2.92. The monoisotopic (exact) mass is 427 g/mol. The van der Waals surface area contributed by atoms with E-state index in [2.05, 4.69) is 5.32 Å². The van der Waals surface area contributed by atoms with Gasteiger partial charge in [-0.25, -0.2) is 4.98 Å². The molecule has 4 rings (SSSR count). The minimum atomic E-state index is -0.0878. The van der Waals surface area contributed by atoms with Crippen LogP contribution in [0.2, 0.25) is 0 Å². The molecule has 2 heterocycles. The number of thiophene rings is 1. The first-order valence-electron chi connectivity index (χ1n) is 9.96. The number of hydrogen-bond acceptors (Lipinski definition) is 5. The Balaban J connectivity index is 1.64. The van der Waals surface area contributed by atoms with Gasteiger partial charge in [-0.15, -0.1) is 11.3 Å². The maximum absolute atomic E-state index is 13.4. The number of hydrogen-bond donors (Lipinski definition) is 1. The highest BCUT2D eigenvalue weighted by molar-refractivity contribution is 7.99. The lowest BCUT2D eigenvalue weighted by Gasteiger charge is -2.18. The zero-order chi connectivity index (χ0) is 20.5. The van der Waals surface area contributed by atoms with E-state index in [1.807, 2.05) is 49.6 Å². The van der Waals surface area contributed by atoms with E-state index in [0.717, 1.165) is 57.6 Å². The number of para-hydroxylation sites is 1. The molecule has 0 saturated heterocycles. The van der Waals surface area contributed by atoms with Crippen molar-refractivity contribution < 1.29 is 4.79 Å². The van der Waals surface area contributed by atoms with Crippen molar-refractivity contribution in [1.82, 2.24) is 9.55 Å². The molecular formula is C22H25N3O2S2. The van der Waals surface area contributed by atoms with Crippen LogP contribution in [0.3, 0.4) is 0 Å².